The summed E-state index contributed by atoms with van der Waals surface area (Å²) in [5, 5.41) is 2.60. The van der Waals surface area contributed by atoms with Crippen LogP contribution in [0, 0.1) is 12.7 Å². The number of para-hydroxylation sites is 1. The highest BCUT2D eigenvalue weighted by Gasteiger charge is 2.13. The molecule has 2 nitrogen and oxygen atoms in total. The molecule has 2 rings (SSSR count). The smallest absolute Gasteiger partial charge is 0.256 e. The molecular weight excluding hydrogens is 377 g/mol. The van der Waals surface area contributed by atoms with E-state index in [1.807, 2.05) is 0 Å². The quantitative estimate of drug-likeness (QED) is 0.780. The first kappa shape index (κ1) is 14.2. The van der Waals surface area contributed by atoms with E-state index in [-0.39, 0.29) is 11.6 Å². The zero-order valence-corrected chi connectivity index (χ0v) is 13.2. The Morgan fingerprint density at radius 2 is 1.95 bits per heavy atom. The molecule has 2 aromatic carbocycles. The Bertz CT molecular complexity index is 623. The molecule has 5 heteroatoms. The first-order chi connectivity index (χ1) is 8.99. The second-order valence-electron chi connectivity index (χ2n) is 4.01. The Labute approximate surface area is 127 Å². The van der Waals surface area contributed by atoms with Crippen LogP contribution in [0.4, 0.5) is 10.1 Å². The van der Waals surface area contributed by atoms with Crippen LogP contribution in [0.5, 0.6) is 0 Å². The molecule has 0 unspecified atom stereocenters. The van der Waals surface area contributed by atoms with E-state index in [0.29, 0.717) is 15.6 Å². The van der Waals surface area contributed by atoms with E-state index in [9.17, 15) is 9.18 Å². The van der Waals surface area contributed by atoms with Gasteiger partial charge in [-0.2, -0.15) is 0 Å². The average molecular weight is 387 g/mol. The number of nitrogens with one attached hydrogen (secondary N) is 1. The Balaban J connectivity index is 2.31. The SMILES string of the molecule is Cc1cccc(F)c1NC(=O)c1ccc(Br)cc1Br. The fraction of sp³-hybridized carbons (Fsp3) is 0.0714. The Morgan fingerprint density at radius 3 is 2.58 bits per heavy atom. The summed E-state index contributed by atoms with van der Waals surface area (Å²) in [6, 6.07) is 9.86. The second-order valence-corrected chi connectivity index (χ2v) is 5.78. The lowest BCUT2D eigenvalue weighted by Crippen LogP contribution is -2.14. The van der Waals surface area contributed by atoms with Crippen molar-refractivity contribution in [2.75, 3.05) is 5.32 Å². The monoisotopic (exact) mass is 385 g/mol. The van der Waals surface area contributed by atoms with Gasteiger partial charge in [-0.1, -0.05) is 28.1 Å². The topological polar surface area (TPSA) is 29.1 Å². The molecule has 0 atom stereocenters. The van der Waals surface area contributed by atoms with Gasteiger partial charge in [-0.25, -0.2) is 4.39 Å². The van der Waals surface area contributed by atoms with Gasteiger partial charge in [0.1, 0.15) is 5.82 Å². The third-order valence-corrected chi connectivity index (χ3v) is 3.79. The van der Waals surface area contributed by atoms with E-state index in [4.69, 9.17) is 0 Å². The second kappa shape index (κ2) is 5.84. The van der Waals surface area contributed by atoms with E-state index in [0.717, 1.165) is 4.47 Å². The van der Waals surface area contributed by atoms with Crippen molar-refractivity contribution >= 4 is 43.5 Å². The minimum atomic E-state index is -0.443. The highest BCUT2D eigenvalue weighted by atomic mass is 79.9. The van der Waals surface area contributed by atoms with Crippen LogP contribution in [-0.2, 0) is 0 Å². The number of hydrogen-bond acceptors (Lipinski definition) is 1. The van der Waals surface area contributed by atoms with Crippen LogP contribution in [0.2, 0.25) is 0 Å². The Hall–Kier alpha value is -1.20. The molecular formula is C14H10Br2FNO. The van der Waals surface area contributed by atoms with Gasteiger partial charge in [0.2, 0.25) is 0 Å². The molecule has 0 bridgehead atoms. The van der Waals surface area contributed by atoms with Crippen LogP contribution < -0.4 is 5.32 Å². The van der Waals surface area contributed by atoms with Crippen molar-refractivity contribution in [2.24, 2.45) is 0 Å². The number of rotatable bonds is 2. The van der Waals surface area contributed by atoms with E-state index in [1.165, 1.54) is 6.07 Å². The predicted octanol–water partition coefficient (Wildman–Crippen LogP) is 4.91. The molecule has 0 fully saturated rings. The van der Waals surface area contributed by atoms with E-state index >= 15 is 0 Å². The average Bonchev–Trinajstić information content (AvgIpc) is 2.33. The summed E-state index contributed by atoms with van der Waals surface area (Å²) in [6.45, 7) is 1.75. The summed E-state index contributed by atoms with van der Waals surface area (Å²) >= 11 is 6.63. The summed E-state index contributed by atoms with van der Waals surface area (Å²) in [5.41, 5.74) is 1.34. The minimum absolute atomic E-state index is 0.210. The first-order valence-corrected chi connectivity index (χ1v) is 7.09. The highest BCUT2D eigenvalue weighted by molar-refractivity contribution is 9.11. The van der Waals surface area contributed by atoms with Crippen LogP contribution in [0.1, 0.15) is 15.9 Å². The maximum Gasteiger partial charge on any atom is 0.256 e. The molecule has 0 radical (unpaired) electrons. The van der Waals surface area contributed by atoms with Crippen molar-refractivity contribution in [2.45, 2.75) is 6.92 Å². The van der Waals surface area contributed by atoms with Crippen molar-refractivity contribution in [3.63, 3.8) is 0 Å². The molecule has 2 aromatic rings. The van der Waals surface area contributed by atoms with Gasteiger partial charge in [0, 0.05) is 8.95 Å². The highest BCUT2D eigenvalue weighted by Crippen LogP contribution is 2.24. The van der Waals surface area contributed by atoms with Crippen LogP contribution >= 0.6 is 31.9 Å². The largest absolute Gasteiger partial charge is 0.319 e. The summed E-state index contributed by atoms with van der Waals surface area (Å²) in [5.74, 6) is -0.797. The van der Waals surface area contributed by atoms with E-state index in [1.54, 1.807) is 37.3 Å². The predicted molar refractivity (Wildman–Crippen MR) is 80.9 cm³/mol. The van der Waals surface area contributed by atoms with Crippen molar-refractivity contribution < 1.29 is 9.18 Å². The van der Waals surface area contributed by atoms with Gasteiger partial charge >= 0.3 is 0 Å². The zero-order chi connectivity index (χ0) is 14.0. The maximum atomic E-state index is 13.7. The van der Waals surface area contributed by atoms with Crippen LogP contribution in [-0.4, -0.2) is 5.91 Å². The number of hydrogen-bond donors (Lipinski definition) is 1. The Kier molecular flexibility index (Phi) is 4.37. The van der Waals surface area contributed by atoms with Gasteiger partial charge in [-0.3, -0.25) is 4.79 Å². The molecule has 19 heavy (non-hydrogen) atoms. The molecule has 0 saturated heterocycles. The number of halogens is 3. The molecule has 0 aliphatic rings. The van der Waals surface area contributed by atoms with Gasteiger partial charge < -0.3 is 5.32 Å². The number of benzene rings is 2. The van der Waals surface area contributed by atoms with Crippen LogP contribution in [0.25, 0.3) is 0 Å². The third-order valence-electron chi connectivity index (χ3n) is 2.64. The lowest BCUT2D eigenvalue weighted by atomic mass is 10.1. The maximum absolute atomic E-state index is 13.7. The molecule has 1 amide bonds. The molecule has 0 spiro atoms. The van der Waals surface area contributed by atoms with E-state index in [2.05, 4.69) is 37.2 Å². The normalized spacial score (nSPS) is 10.3. The van der Waals surface area contributed by atoms with Crippen molar-refractivity contribution in [3.05, 3.63) is 62.3 Å². The van der Waals surface area contributed by atoms with Crippen molar-refractivity contribution in [3.8, 4) is 0 Å². The summed E-state index contributed by atoms with van der Waals surface area (Å²) in [6.07, 6.45) is 0. The number of aryl methyl sites for hydroxylation is 1. The van der Waals surface area contributed by atoms with Crippen molar-refractivity contribution in [1.29, 1.82) is 0 Å². The van der Waals surface area contributed by atoms with Gasteiger partial charge in [-0.15, -0.1) is 0 Å². The van der Waals surface area contributed by atoms with Crippen LogP contribution in [0.3, 0.4) is 0 Å². The molecule has 1 N–H and O–H groups in total. The number of carbonyl (C=O) groups excluding carboxylic acids is 1. The number of anilines is 1. The van der Waals surface area contributed by atoms with Gasteiger partial charge in [0.05, 0.1) is 11.3 Å². The minimum Gasteiger partial charge on any atom is -0.319 e. The zero-order valence-electron chi connectivity index (χ0n) is 10.0. The lowest BCUT2D eigenvalue weighted by molar-refractivity contribution is 0.102. The molecule has 0 aromatic heterocycles. The third kappa shape index (κ3) is 3.22. The fourth-order valence-electron chi connectivity index (χ4n) is 1.64. The van der Waals surface area contributed by atoms with Gasteiger partial charge in [0.25, 0.3) is 5.91 Å². The molecule has 0 saturated carbocycles. The van der Waals surface area contributed by atoms with E-state index < -0.39 is 5.82 Å². The van der Waals surface area contributed by atoms with Crippen LogP contribution in [0.15, 0.2) is 45.3 Å². The lowest BCUT2D eigenvalue weighted by Gasteiger charge is -2.10. The van der Waals surface area contributed by atoms with Gasteiger partial charge in [-0.05, 0) is 52.7 Å². The fourth-order valence-corrected chi connectivity index (χ4v) is 2.87. The molecule has 0 heterocycles. The number of carbonyl (C=O) groups is 1. The molecule has 98 valence electrons. The summed E-state index contributed by atoms with van der Waals surface area (Å²) in [7, 11) is 0. The summed E-state index contributed by atoms with van der Waals surface area (Å²) in [4.78, 5) is 12.1. The summed E-state index contributed by atoms with van der Waals surface area (Å²) < 4.78 is 15.2. The molecule has 0 aliphatic carbocycles. The van der Waals surface area contributed by atoms with Gasteiger partial charge in [0.15, 0.2) is 0 Å². The Morgan fingerprint density at radius 1 is 1.21 bits per heavy atom. The van der Waals surface area contributed by atoms with Crippen molar-refractivity contribution in [1.82, 2.24) is 0 Å². The number of amides is 1. The molecule has 0 aliphatic heterocycles. The first-order valence-electron chi connectivity index (χ1n) is 5.50. The standard InChI is InChI=1S/C14H10Br2FNO/c1-8-3-2-4-12(17)13(8)18-14(19)10-6-5-9(15)7-11(10)16/h2-7H,1H3,(H,18,19).